The van der Waals surface area contributed by atoms with Crippen molar-refractivity contribution < 1.29 is 0 Å². The molecule has 4 nitrogen and oxygen atoms in total. The summed E-state index contributed by atoms with van der Waals surface area (Å²) in [5.74, 6) is 1.89. The Kier molecular flexibility index (Phi) is 7.67. The minimum Gasteiger partial charge on any atom is -0.261 e. The van der Waals surface area contributed by atoms with Gasteiger partial charge in [-0.25, -0.2) is 15.0 Å². The van der Waals surface area contributed by atoms with Crippen molar-refractivity contribution in [3.63, 3.8) is 0 Å². The van der Waals surface area contributed by atoms with Gasteiger partial charge in [0.05, 0.1) is 0 Å². The van der Waals surface area contributed by atoms with Gasteiger partial charge in [0.2, 0.25) is 0 Å². The Labute approximate surface area is 296 Å². The van der Waals surface area contributed by atoms with Gasteiger partial charge in [0.1, 0.15) is 0 Å². The van der Waals surface area contributed by atoms with Crippen LogP contribution in [0, 0.1) is 6.92 Å². The summed E-state index contributed by atoms with van der Waals surface area (Å²) in [6.07, 6.45) is 1.84. The molecule has 0 spiro atoms. The van der Waals surface area contributed by atoms with Gasteiger partial charge in [0, 0.05) is 34.1 Å². The second-order valence-corrected chi connectivity index (χ2v) is 12.7. The molecule has 9 aromatic rings. The molecule has 0 atom stereocenters. The molecule has 2 heterocycles. The SMILES string of the molecule is Cc1ncccc1-c1cccc(-c2cc(-c3nc(-c4ccccc4)nc(-c4ccccc4)n3)cc(-c3cc4ccccc4c4ccccc34)c2)c1. The largest absolute Gasteiger partial charge is 0.261 e. The average Bonchev–Trinajstić information content (AvgIpc) is 3.21. The van der Waals surface area contributed by atoms with Crippen LogP contribution in [0.2, 0.25) is 0 Å². The molecule has 0 N–H and O–H groups in total. The lowest BCUT2D eigenvalue weighted by molar-refractivity contribution is 1.07. The van der Waals surface area contributed by atoms with Gasteiger partial charge < -0.3 is 0 Å². The number of benzene rings is 7. The fourth-order valence-corrected chi connectivity index (χ4v) is 6.97. The van der Waals surface area contributed by atoms with Gasteiger partial charge in [0.25, 0.3) is 0 Å². The maximum absolute atomic E-state index is 5.13. The molecule has 7 aromatic carbocycles. The van der Waals surface area contributed by atoms with Crippen molar-refractivity contribution in [3.8, 4) is 67.5 Å². The number of hydrogen-bond acceptors (Lipinski definition) is 4. The van der Waals surface area contributed by atoms with Gasteiger partial charge >= 0.3 is 0 Å². The van der Waals surface area contributed by atoms with E-state index in [-0.39, 0.29) is 0 Å². The van der Waals surface area contributed by atoms with Gasteiger partial charge in [-0.3, -0.25) is 4.98 Å². The summed E-state index contributed by atoms with van der Waals surface area (Å²) < 4.78 is 0. The zero-order valence-electron chi connectivity index (χ0n) is 28.0. The number of fused-ring (bicyclic) bond motifs is 3. The Morgan fingerprint density at radius 1 is 0.333 bits per heavy atom. The molecule has 0 aliphatic carbocycles. The summed E-state index contributed by atoms with van der Waals surface area (Å²) in [5, 5.41) is 4.87. The Morgan fingerprint density at radius 3 is 1.57 bits per heavy atom. The van der Waals surface area contributed by atoms with E-state index < -0.39 is 0 Å². The molecule has 0 fully saturated rings. The molecule has 0 bridgehead atoms. The van der Waals surface area contributed by atoms with Crippen molar-refractivity contribution in [1.82, 2.24) is 19.9 Å². The van der Waals surface area contributed by atoms with Crippen molar-refractivity contribution in [3.05, 3.63) is 182 Å². The third kappa shape index (κ3) is 5.83. The molecule has 0 amide bonds. The number of pyridine rings is 1. The van der Waals surface area contributed by atoms with E-state index in [2.05, 4.69) is 115 Å². The van der Waals surface area contributed by atoms with Gasteiger partial charge in [-0.1, -0.05) is 133 Å². The number of nitrogens with zero attached hydrogens (tertiary/aromatic N) is 4. The highest BCUT2D eigenvalue weighted by atomic mass is 15.0. The summed E-state index contributed by atoms with van der Waals surface area (Å²) in [5.41, 5.74) is 10.5. The molecular weight excluding hydrogens is 621 g/mol. The highest BCUT2D eigenvalue weighted by Crippen LogP contribution is 2.39. The zero-order chi connectivity index (χ0) is 34.1. The number of aromatic nitrogens is 4. The lowest BCUT2D eigenvalue weighted by Gasteiger charge is -2.15. The Bertz CT molecular complexity index is 2640. The molecule has 2 aromatic heterocycles. The zero-order valence-corrected chi connectivity index (χ0v) is 28.0. The van der Waals surface area contributed by atoms with Crippen molar-refractivity contribution in [2.45, 2.75) is 6.92 Å². The summed E-state index contributed by atoms with van der Waals surface area (Å²) in [4.78, 5) is 19.8. The first kappa shape index (κ1) is 30.3. The van der Waals surface area contributed by atoms with Crippen LogP contribution in [0.15, 0.2) is 176 Å². The molecule has 4 heteroatoms. The summed E-state index contributed by atoms with van der Waals surface area (Å²) in [6, 6.07) is 59.4. The minimum atomic E-state index is 0.621. The lowest BCUT2D eigenvalue weighted by Crippen LogP contribution is -2.00. The lowest BCUT2D eigenvalue weighted by atomic mass is 9.90. The highest BCUT2D eigenvalue weighted by Gasteiger charge is 2.17. The van der Waals surface area contributed by atoms with Crippen LogP contribution in [0.25, 0.3) is 89.1 Å². The van der Waals surface area contributed by atoms with Crippen LogP contribution in [0.1, 0.15) is 5.69 Å². The smallest absolute Gasteiger partial charge is 0.164 e. The Morgan fingerprint density at radius 2 is 0.863 bits per heavy atom. The van der Waals surface area contributed by atoms with Crippen LogP contribution < -0.4 is 0 Å². The highest BCUT2D eigenvalue weighted by molar-refractivity contribution is 6.14. The standard InChI is InChI=1S/C47H32N4/c1-31-40(24-13-25-48-31)35-20-12-19-34(26-35)37-27-38(44-30-36-18-8-9-21-41(36)42-22-10-11-23-43(42)44)29-39(28-37)47-50-45(32-14-4-2-5-15-32)49-46(51-47)33-16-6-3-7-17-33/h2-30H,1H3. The topological polar surface area (TPSA) is 51.6 Å². The fourth-order valence-electron chi connectivity index (χ4n) is 6.97. The van der Waals surface area contributed by atoms with Crippen LogP contribution in [0.5, 0.6) is 0 Å². The maximum atomic E-state index is 5.13. The van der Waals surface area contributed by atoms with Crippen molar-refractivity contribution >= 4 is 21.5 Å². The molecule has 240 valence electrons. The molecule has 51 heavy (non-hydrogen) atoms. The number of hydrogen-bond donors (Lipinski definition) is 0. The Hall–Kier alpha value is -6.78. The van der Waals surface area contributed by atoms with Crippen LogP contribution in [0.3, 0.4) is 0 Å². The predicted molar refractivity (Wildman–Crippen MR) is 210 cm³/mol. The van der Waals surface area contributed by atoms with Gasteiger partial charge in [0.15, 0.2) is 17.5 Å². The number of aryl methyl sites for hydroxylation is 1. The summed E-state index contributed by atoms with van der Waals surface area (Å²) >= 11 is 0. The number of rotatable bonds is 6. The molecule has 0 radical (unpaired) electrons. The molecule has 0 aliphatic heterocycles. The van der Waals surface area contributed by atoms with Crippen LogP contribution in [-0.4, -0.2) is 19.9 Å². The summed E-state index contributed by atoms with van der Waals surface area (Å²) in [7, 11) is 0. The summed E-state index contributed by atoms with van der Waals surface area (Å²) in [6.45, 7) is 2.06. The van der Waals surface area contributed by atoms with E-state index in [0.717, 1.165) is 55.8 Å². The van der Waals surface area contributed by atoms with E-state index in [4.69, 9.17) is 15.0 Å². The van der Waals surface area contributed by atoms with E-state index in [0.29, 0.717) is 17.5 Å². The van der Waals surface area contributed by atoms with E-state index in [1.54, 1.807) is 0 Å². The van der Waals surface area contributed by atoms with Crippen LogP contribution in [-0.2, 0) is 0 Å². The molecule has 0 aliphatic rings. The van der Waals surface area contributed by atoms with E-state index in [9.17, 15) is 0 Å². The third-order valence-electron chi connectivity index (χ3n) is 9.48. The fraction of sp³-hybridized carbons (Fsp3) is 0.0213. The Balaban J connectivity index is 1.31. The first-order chi connectivity index (χ1) is 25.2. The quantitative estimate of drug-likeness (QED) is 0.168. The molecule has 9 rings (SSSR count). The van der Waals surface area contributed by atoms with Gasteiger partial charge in [-0.2, -0.15) is 0 Å². The average molecular weight is 653 g/mol. The molecular formula is C47H32N4. The van der Waals surface area contributed by atoms with Crippen molar-refractivity contribution in [1.29, 1.82) is 0 Å². The molecule has 0 saturated heterocycles. The predicted octanol–water partition coefficient (Wildman–Crippen LogP) is 11.9. The van der Waals surface area contributed by atoms with E-state index in [1.165, 1.54) is 21.5 Å². The minimum absolute atomic E-state index is 0.621. The van der Waals surface area contributed by atoms with Gasteiger partial charge in [-0.15, -0.1) is 0 Å². The molecule has 0 unspecified atom stereocenters. The normalized spacial score (nSPS) is 11.2. The first-order valence-corrected chi connectivity index (χ1v) is 17.1. The van der Waals surface area contributed by atoms with E-state index in [1.807, 2.05) is 72.9 Å². The van der Waals surface area contributed by atoms with Crippen molar-refractivity contribution in [2.75, 3.05) is 0 Å². The second kappa shape index (κ2) is 12.9. The third-order valence-corrected chi connectivity index (χ3v) is 9.48. The van der Waals surface area contributed by atoms with Crippen LogP contribution >= 0.6 is 0 Å². The molecule has 0 saturated carbocycles. The monoisotopic (exact) mass is 652 g/mol. The van der Waals surface area contributed by atoms with Crippen molar-refractivity contribution in [2.24, 2.45) is 0 Å². The first-order valence-electron chi connectivity index (χ1n) is 17.1. The van der Waals surface area contributed by atoms with E-state index >= 15 is 0 Å². The van der Waals surface area contributed by atoms with Gasteiger partial charge in [-0.05, 0) is 92.7 Å². The van der Waals surface area contributed by atoms with Crippen LogP contribution in [0.4, 0.5) is 0 Å². The second-order valence-electron chi connectivity index (χ2n) is 12.7. The maximum Gasteiger partial charge on any atom is 0.164 e.